The number of thiophene rings is 1. The fraction of sp³-hybridized carbons (Fsp3) is 0.357. The molecule has 1 saturated heterocycles. The highest BCUT2D eigenvalue weighted by atomic mass is 32.1. The third kappa shape index (κ3) is 5.79. The van der Waals surface area contributed by atoms with E-state index >= 15 is 0 Å². The summed E-state index contributed by atoms with van der Waals surface area (Å²) < 4.78 is 0.949. The Morgan fingerprint density at radius 1 is 1.05 bits per heavy atom. The summed E-state index contributed by atoms with van der Waals surface area (Å²) in [7, 11) is 0. The van der Waals surface area contributed by atoms with Crippen LogP contribution < -0.4 is 5.32 Å². The van der Waals surface area contributed by atoms with Gasteiger partial charge in [0.15, 0.2) is 0 Å². The van der Waals surface area contributed by atoms with Crippen LogP contribution in [0.3, 0.4) is 0 Å². The molecular formula is C28H32N6O2S. The van der Waals surface area contributed by atoms with E-state index in [-0.39, 0.29) is 24.5 Å². The van der Waals surface area contributed by atoms with Crippen LogP contribution >= 0.6 is 11.3 Å². The second kappa shape index (κ2) is 11.3. The molecule has 2 N–H and O–H groups in total. The molecule has 1 atom stereocenters. The number of fused-ring (bicyclic) bond motifs is 1. The van der Waals surface area contributed by atoms with Crippen LogP contribution in [0.4, 0.5) is 5.82 Å². The van der Waals surface area contributed by atoms with Crippen LogP contribution in [0.5, 0.6) is 0 Å². The van der Waals surface area contributed by atoms with Gasteiger partial charge in [0, 0.05) is 55.3 Å². The van der Waals surface area contributed by atoms with E-state index in [1.165, 1.54) is 0 Å². The third-order valence-corrected chi connectivity index (χ3v) is 7.86. The molecule has 1 aromatic carbocycles. The Kier molecular flexibility index (Phi) is 7.73. The molecule has 0 radical (unpaired) electrons. The van der Waals surface area contributed by atoms with E-state index in [0.717, 1.165) is 64.6 Å². The number of nitrogens with one attached hydrogen (secondary N) is 1. The molecule has 5 rings (SSSR count). The summed E-state index contributed by atoms with van der Waals surface area (Å²) in [5.41, 5.74) is 3.91. The van der Waals surface area contributed by atoms with Crippen molar-refractivity contribution in [3.05, 3.63) is 72.3 Å². The zero-order valence-corrected chi connectivity index (χ0v) is 22.0. The van der Waals surface area contributed by atoms with Crippen molar-refractivity contribution in [1.82, 2.24) is 24.8 Å². The van der Waals surface area contributed by atoms with Crippen molar-refractivity contribution in [1.29, 1.82) is 0 Å². The number of aliphatic hydroxyl groups is 1. The van der Waals surface area contributed by atoms with E-state index < -0.39 is 0 Å². The molecule has 1 amide bonds. The smallest absolute Gasteiger partial charge is 0.225 e. The summed E-state index contributed by atoms with van der Waals surface area (Å²) in [6, 6.07) is 15.9. The van der Waals surface area contributed by atoms with Gasteiger partial charge in [-0.1, -0.05) is 50.2 Å². The molecule has 0 bridgehead atoms. The van der Waals surface area contributed by atoms with Crippen molar-refractivity contribution >= 4 is 33.3 Å². The molecule has 0 spiro atoms. The monoisotopic (exact) mass is 516 g/mol. The SMILES string of the molecule is CC(C)C(=O)N1CCN(Cc2ccc(-c3cc4ncnc(N[C@H](CO)c5ccccc5)c4s3)cn2)CC1. The highest BCUT2D eigenvalue weighted by Crippen LogP contribution is 2.36. The number of carbonyl (C=O) groups excluding carboxylic acids is 1. The molecule has 0 saturated carbocycles. The lowest BCUT2D eigenvalue weighted by molar-refractivity contribution is -0.136. The first-order chi connectivity index (χ1) is 18.0. The lowest BCUT2D eigenvalue weighted by Crippen LogP contribution is -2.49. The molecule has 1 fully saturated rings. The Bertz CT molecular complexity index is 1330. The average molecular weight is 517 g/mol. The molecule has 0 unspecified atom stereocenters. The zero-order valence-electron chi connectivity index (χ0n) is 21.2. The van der Waals surface area contributed by atoms with E-state index in [1.807, 2.05) is 55.3 Å². The molecule has 0 aliphatic carbocycles. The van der Waals surface area contributed by atoms with Gasteiger partial charge in [-0.15, -0.1) is 11.3 Å². The Hall–Kier alpha value is -3.40. The largest absolute Gasteiger partial charge is 0.394 e. The first kappa shape index (κ1) is 25.3. The molecule has 1 aliphatic heterocycles. The van der Waals surface area contributed by atoms with Crippen molar-refractivity contribution in [3.63, 3.8) is 0 Å². The summed E-state index contributed by atoms with van der Waals surface area (Å²) in [4.78, 5) is 31.3. The number of carbonyl (C=O) groups is 1. The van der Waals surface area contributed by atoms with E-state index in [1.54, 1.807) is 17.7 Å². The van der Waals surface area contributed by atoms with Crippen LogP contribution in [0.1, 0.15) is 31.1 Å². The summed E-state index contributed by atoms with van der Waals surface area (Å²) >= 11 is 1.61. The lowest BCUT2D eigenvalue weighted by Gasteiger charge is -2.35. The van der Waals surface area contributed by atoms with E-state index in [0.29, 0.717) is 5.82 Å². The number of rotatable bonds is 8. The minimum absolute atomic E-state index is 0.0395. The number of pyridine rings is 1. The van der Waals surface area contributed by atoms with Crippen LogP contribution in [-0.2, 0) is 11.3 Å². The summed E-state index contributed by atoms with van der Waals surface area (Å²) in [5, 5.41) is 13.4. The van der Waals surface area contributed by atoms with Gasteiger partial charge in [-0.25, -0.2) is 9.97 Å². The number of anilines is 1. The van der Waals surface area contributed by atoms with E-state index in [2.05, 4.69) is 38.4 Å². The Balaban J connectivity index is 1.27. The van der Waals surface area contributed by atoms with Gasteiger partial charge >= 0.3 is 0 Å². The van der Waals surface area contributed by atoms with Gasteiger partial charge in [0.1, 0.15) is 12.1 Å². The van der Waals surface area contributed by atoms with E-state index in [4.69, 9.17) is 4.98 Å². The zero-order chi connectivity index (χ0) is 25.8. The second-order valence-electron chi connectivity index (χ2n) is 9.63. The highest BCUT2D eigenvalue weighted by Gasteiger charge is 2.23. The molecular weight excluding hydrogens is 484 g/mol. The number of aliphatic hydroxyl groups excluding tert-OH is 1. The van der Waals surface area contributed by atoms with Crippen molar-refractivity contribution in [2.45, 2.75) is 26.4 Å². The molecule has 1 aliphatic rings. The second-order valence-corrected chi connectivity index (χ2v) is 10.7. The maximum Gasteiger partial charge on any atom is 0.225 e. The maximum atomic E-state index is 12.2. The normalized spacial score (nSPS) is 15.3. The van der Waals surface area contributed by atoms with Crippen molar-refractivity contribution in [3.8, 4) is 10.4 Å². The van der Waals surface area contributed by atoms with Crippen LogP contribution in [-0.4, -0.2) is 68.6 Å². The molecule has 4 aromatic rings. The number of nitrogens with zero attached hydrogens (tertiary/aromatic N) is 5. The minimum Gasteiger partial charge on any atom is -0.394 e. The fourth-order valence-electron chi connectivity index (χ4n) is 4.57. The van der Waals surface area contributed by atoms with Gasteiger partial charge in [-0.2, -0.15) is 0 Å². The predicted octanol–water partition coefficient (Wildman–Crippen LogP) is 4.20. The number of benzene rings is 1. The Morgan fingerprint density at radius 2 is 1.84 bits per heavy atom. The lowest BCUT2D eigenvalue weighted by atomic mass is 10.1. The molecule has 192 valence electrons. The number of hydrogen-bond donors (Lipinski definition) is 2. The van der Waals surface area contributed by atoms with Gasteiger partial charge in [-0.3, -0.25) is 14.7 Å². The Morgan fingerprint density at radius 3 is 2.51 bits per heavy atom. The molecule has 9 heteroatoms. The van der Waals surface area contributed by atoms with Crippen LogP contribution in [0.25, 0.3) is 20.7 Å². The third-order valence-electron chi connectivity index (χ3n) is 6.68. The van der Waals surface area contributed by atoms with Crippen LogP contribution in [0.2, 0.25) is 0 Å². The average Bonchev–Trinajstić information content (AvgIpc) is 3.38. The number of amides is 1. The number of aromatic nitrogens is 3. The topological polar surface area (TPSA) is 94.5 Å². The van der Waals surface area contributed by atoms with E-state index in [9.17, 15) is 9.90 Å². The number of piperazine rings is 1. The van der Waals surface area contributed by atoms with Crippen molar-refractivity contribution in [2.24, 2.45) is 5.92 Å². The molecule has 4 heterocycles. The summed E-state index contributed by atoms with van der Waals surface area (Å²) in [6.45, 7) is 7.93. The standard InChI is InChI=1S/C28H32N6O2S/c1-19(2)28(36)34-12-10-33(11-13-34)16-22-9-8-21(15-29-22)25-14-23-26(37-25)27(31-18-30-23)32-24(17-35)20-6-4-3-5-7-20/h3-9,14-15,18-19,24,35H,10-13,16-17H2,1-2H3,(H,30,31,32)/t24-/m1/s1. The quantitative estimate of drug-likeness (QED) is 0.362. The summed E-state index contributed by atoms with van der Waals surface area (Å²) in [5.74, 6) is 0.997. The minimum atomic E-state index is -0.254. The van der Waals surface area contributed by atoms with Crippen LogP contribution in [0.15, 0.2) is 61.1 Å². The molecule has 3 aromatic heterocycles. The number of hydrogen-bond acceptors (Lipinski definition) is 8. The summed E-state index contributed by atoms with van der Waals surface area (Å²) in [6.07, 6.45) is 3.47. The molecule has 8 nitrogen and oxygen atoms in total. The Labute approximate surface area is 221 Å². The highest BCUT2D eigenvalue weighted by molar-refractivity contribution is 7.22. The van der Waals surface area contributed by atoms with Gasteiger partial charge in [0.2, 0.25) is 5.91 Å². The predicted molar refractivity (Wildman–Crippen MR) is 147 cm³/mol. The van der Waals surface area contributed by atoms with Crippen LogP contribution in [0, 0.1) is 5.92 Å². The molecule has 37 heavy (non-hydrogen) atoms. The first-order valence-corrected chi connectivity index (χ1v) is 13.5. The van der Waals surface area contributed by atoms with Crippen molar-refractivity contribution < 1.29 is 9.90 Å². The maximum absolute atomic E-state index is 12.2. The van der Waals surface area contributed by atoms with Gasteiger partial charge < -0.3 is 15.3 Å². The van der Waals surface area contributed by atoms with Crippen molar-refractivity contribution in [2.75, 3.05) is 38.1 Å². The first-order valence-electron chi connectivity index (χ1n) is 12.6. The fourth-order valence-corrected chi connectivity index (χ4v) is 5.62. The van der Waals surface area contributed by atoms with Gasteiger partial charge in [0.25, 0.3) is 0 Å². The van der Waals surface area contributed by atoms with Gasteiger partial charge in [-0.05, 0) is 17.7 Å². The van der Waals surface area contributed by atoms with Gasteiger partial charge in [0.05, 0.1) is 28.6 Å².